The molecule has 1 aromatic carbocycles. The summed E-state index contributed by atoms with van der Waals surface area (Å²) >= 11 is 5.69. The highest BCUT2D eigenvalue weighted by molar-refractivity contribution is 6.30. The molecule has 1 aliphatic carbocycles. The maximum absolute atomic E-state index is 13.0. The van der Waals surface area contributed by atoms with E-state index in [4.69, 9.17) is 11.6 Å². The van der Waals surface area contributed by atoms with Gasteiger partial charge in [-0.25, -0.2) is 4.39 Å². The van der Waals surface area contributed by atoms with Gasteiger partial charge in [-0.05, 0) is 30.5 Å². The highest BCUT2D eigenvalue weighted by Crippen LogP contribution is 2.42. The Morgan fingerprint density at radius 1 is 1.38 bits per heavy atom. The Kier molecular flexibility index (Phi) is 2.89. The van der Waals surface area contributed by atoms with Crippen LogP contribution >= 0.6 is 11.6 Å². The van der Waals surface area contributed by atoms with E-state index in [1.54, 1.807) is 0 Å². The molecule has 0 saturated heterocycles. The highest BCUT2D eigenvalue weighted by atomic mass is 35.5. The zero-order valence-corrected chi connectivity index (χ0v) is 9.43. The van der Waals surface area contributed by atoms with Crippen molar-refractivity contribution in [1.29, 1.82) is 0 Å². The number of carboxylic acids is 1. The first-order valence-corrected chi connectivity index (χ1v) is 5.63. The molecule has 0 radical (unpaired) electrons. The van der Waals surface area contributed by atoms with E-state index in [0.717, 1.165) is 12.8 Å². The van der Waals surface area contributed by atoms with Gasteiger partial charge >= 0.3 is 5.97 Å². The molecule has 0 bridgehead atoms. The number of hydrogen-bond donors (Lipinski definition) is 1. The van der Waals surface area contributed by atoms with Crippen LogP contribution in [0.15, 0.2) is 18.2 Å². The topological polar surface area (TPSA) is 37.3 Å². The molecule has 0 aromatic heterocycles. The van der Waals surface area contributed by atoms with Gasteiger partial charge in [-0.2, -0.15) is 0 Å². The minimum absolute atomic E-state index is 0.00924. The molecule has 2 nitrogen and oxygen atoms in total. The third-order valence-electron chi connectivity index (χ3n) is 3.34. The third-order valence-corrected chi connectivity index (χ3v) is 3.63. The van der Waals surface area contributed by atoms with Crippen molar-refractivity contribution in [2.75, 3.05) is 0 Å². The number of carbonyl (C=O) groups is 1. The molecular weight excluding hydrogens is 231 g/mol. The minimum Gasteiger partial charge on any atom is -0.481 e. The molecule has 4 heteroatoms. The van der Waals surface area contributed by atoms with Gasteiger partial charge in [0.15, 0.2) is 0 Å². The second-order valence-corrected chi connectivity index (χ2v) is 4.63. The summed E-state index contributed by atoms with van der Waals surface area (Å²) in [6.45, 7) is 0. The summed E-state index contributed by atoms with van der Waals surface area (Å²) in [6.07, 6.45) is 2.98. The molecule has 0 spiro atoms. The summed E-state index contributed by atoms with van der Waals surface area (Å²) in [6, 6.07) is 4.21. The normalized spacial score (nSPS) is 18.6. The van der Waals surface area contributed by atoms with Gasteiger partial charge < -0.3 is 5.11 Å². The molecule has 0 amide bonds. The summed E-state index contributed by atoms with van der Waals surface area (Å²) in [5.74, 6) is -1.35. The molecular formula is C12H12ClFO2. The molecule has 1 saturated carbocycles. The van der Waals surface area contributed by atoms with Crippen molar-refractivity contribution in [2.45, 2.75) is 31.1 Å². The number of hydrogen-bond acceptors (Lipinski definition) is 1. The maximum Gasteiger partial charge on any atom is 0.314 e. The van der Waals surface area contributed by atoms with Gasteiger partial charge in [0.1, 0.15) is 5.82 Å². The third kappa shape index (κ3) is 1.69. The molecule has 0 atom stereocenters. The first-order valence-electron chi connectivity index (χ1n) is 5.25. The Hall–Kier alpha value is -1.09. The van der Waals surface area contributed by atoms with E-state index >= 15 is 0 Å². The smallest absolute Gasteiger partial charge is 0.314 e. The summed E-state index contributed by atoms with van der Waals surface area (Å²) in [5.41, 5.74) is -0.249. The molecule has 0 unspecified atom stereocenters. The zero-order valence-electron chi connectivity index (χ0n) is 8.67. The number of aliphatic carboxylic acids is 1. The Morgan fingerprint density at radius 2 is 2.00 bits per heavy atom. The summed E-state index contributed by atoms with van der Waals surface area (Å²) in [5, 5.41) is 9.33. The standard InChI is InChI=1S/C12H12ClFO2/c13-9-7-8(3-4-10(9)14)12(11(15)16)5-1-2-6-12/h3-4,7H,1-2,5-6H2,(H,15,16). The number of halogens is 2. The van der Waals surface area contributed by atoms with E-state index in [-0.39, 0.29) is 5.02 Å². The van der Waals surface area contributed by atoms with Crippen molar-refractivity contribution in [3.8, 4) is 0 Å². The monoisotopic (exact) mass is 242 g/mol. The van der Waals surface area contributed by atoms with Gasteiger partial charge in [0.2, 0.25) is 0 Å². The maximum atomic E-state index is 13.0. The van der Waals surface area contributed by atoms with Gasteiger partial charge in [-0.3, -0.25) is 4.79 Å². The molecule has 1 aromatic rings. The Bertz CT molecular complexity index is 425. The minimum atomic E-state index is -0.864. The van der Waals surface area contributed by atoms with Crippen LogP contribution in [0.3, 0.4) is 0 Å². The van der Waals surface area contributed by atoms with Gasteiger partial charge in [0.05, 0.1) is 10.4 Å². The Morgan fingerprint density at radius 3 is 2.50 bits per heavy atom. The largest absolute Gasteiger partial charge is 0.481 e. The lowest BCUT2D eigenvalue weighted by molar-refractivity contribution is -0.143. The molecule has 1 fully saturated rings. The summed E-state index contributed by atoms with van der Waals surface area (Å²) in [7, 11) is 0. The van der Waals surface area contributed by atoms with Gasteiger partial charge in [0, 0.05) is 0 Å². The van der Waals surface area contributed by atoms with Crippen LogP contribution in [0.1, 0.15) is 31.2 Å². The van der Waals surface area contributed by atoms with Gasteiger partial charge in [-0.1, -0.05) is 30.5 Å². The van der Waals surface area contributed by atoms with Crippen molar-refractivity contribution in [2.24, 2.45) is 0 Å². The molecule has 2 rings (SSSR count). The molecule has 1 N–H and O–H groups in total. The Labute approximate surface area is 98.0 Å². The van der Waals surface area contributed by atoms with Gasteiger partial charge in [-0.15, -0.1) is 0 Å². The molecule has 86 valence electrons. The van der Waals surface area contributed by atoms with E-state index in [1.165, 1.54) is 18.2 Å². The van der Waals surface area contributed by atoms with Gasteiger partial charge in [0.25, 0.3) is 0 Å². The van der Waals surface area contributed by atoms with Crippen LogP contribution in [0.5, 0.6) is 0 Å². The fraction of sp³-hybridized carbons (Fsp3) is 0.417. The van der Waals surface area contributed by atoms with Crippen molar-refractivity contribution in [3.63, 3.8) is 0 Å². The highest BCUT2D eigenvalue weighted by Gasteiger charge is 2.43. The summed E-state index contributed by atoms with van der Waals surface area (Å²) in [4.78, 5) is 11.4. The first-order chi connectivity index (χ1) is 7.56. The average Bonchev–Trinajstić information content (AvgIpc) is 2.72. The molecule has 0 heterocycles. The SMILES string of the molecule is O=C(O)C1(c2ccc(F)c(Cl)c2)CCCC1. The lowest BCUT2D eigenvalue weighted by Crippen LogP contribution is -2.32. The molecule has 0 aliphatic heterocycles. The second kappa shape index (κ2) is 4.06. The lowest BCUT2D eigenvalue weighted by Gasteiger charge is -2.24. The van der Waals surface area contributed by atoms with E-state index < -0.39 is 17.2 Å². The average molecular weight is 243 g/mol. The lowest BCUT2D eigenvalue weighted by atomic mass is 9.79. The predicted octanol–water partition coefficient (Wildman–Crippen LogP) is 3.38. The number of carboxylic acid groups (broad SMARTS) is 1. The van der Waals surface area contributed by atoms with Crippen LogP contribution in [0.25, 0.3) is 0 Å². The second-order valence-electron chi connectivity index (χ2n) is 4.22. The quantitative estimate of drug-likeness (QED) is 0.863. The van der Waals surface area contributed by atoms with Crippen LogP contribution in [0.4, 0.5) is 4.39 Å². The van der Waals surface area contributed by atoms with Crippen molar-refractivity contribution in [1.82, 2.24) is 0 Å². The number of rotatable bonds is 2. The van der Waals surface area contributed by atoms with Crippen LogP contribution < -0.4 is 0 Å². The van der Waals surface area contributed by atoms with E-state index in [2.05, 4.69) is 0 Å². The van der Waals surface area contributed by atoms with Crippen LogP contribution in [-0.4, -0.2) is 11.1 Å². The molecule has 16 heavy (non-hydrogen) atoms. The van der Waals surface area contributed by atoms with Crippen LogP contribution in [0, 0.1) is 5.82 Å². The van der Waals surface area contributed by atoms with Crippen molar-refractivity contribution >= 4 is 17.6 Å². The number of benzene rings is 1. The first kappa shape index (κ1) is 11.4. The van der Waals surface area contributed by atoms with Crippen LogP contribution in [-0.2, 0) is 10.2 Å². The van der Waals surface area contributed by atoms with E-state index in [9.17, 15) is 14.3 Å². The summed E-state index contributed by atoms with van der Waals surface area (Å²) < 4.78 is 13.0. The van der Waals surface area contributed by atoms with Crippen molar-refractivity contribution < 1.29 is 14.3 Å². The zero-order chi connectivity index (χ0) is 11.8. The fourth-order valence-electron chi connectivity index (χ4n) is 2.40. The van der Waals surface area contributed by atoms with E-state index in [1.807, 2.05) is 0 Å². The predicted molar refractivity (Wildman–Crippen MR) is 59.2 cm³/mol. The molecule has 1 aliphatic rings. The van der Waals surface area contributed by atoms with E-state index in [0.29, 0.717) is 18.4 Å². The Balaban J connectivity index is 2.47. The fourth-order valence-corrected chi connectivity index (χ4v) is 2.58. The van der Waals surface area contributed by atoms with Crippen molar-refractivity contribution in [3.05, 3.63) is 34.6 Å². The van der Waals surface area contributed by atoms with Crippen LogP contribution in [0.2, 0.25) is 5.02 Å².